The van der Waals surface area contributed by atoms with Gasteiger partial charge in [-0.2, -0.15) is 11.3 Å². The molecule has 0 saturated carbocycles. The van der Waals surface area contributed by atoms with Crippen LogP contribution in [0.5, 0.6) is 0 Å². The highest BCUT2D eigenvalue weighted by Crippen LogP contribution is 2.25. The highest BCUT2D eigenvalue weighted by molar-refractivity contribution is 7.08. The van der Waals surface area contributed by atoms with Gasteiger partial charge in [-0.15, -0.1) is 12.4 Å². The van der Waals surface area contributed by atoms with E-state index in [1.165, 1.54) is 0 Å². The van der Waals surface area contributed by atoms with Crippen LogP contribution in [0.1, 0.15) is 47.4 Å². The van der Waals surface area contributed by atoms with Crippen molar-refractivity contribution in [2.45, 2.75) is 26.7 Å². The van der Waals surface area contributed by atoms with Gasteiger partial charge < -0.3 is 10.6 Å². The monoisotopic (exact) mass is 366 g/mol. The van der Waals surface area contributed by atoms with Crippen LogP contribution in [0.4, 0.5) is 0 Å². The molecule has 0 radical (unpaired) electrons. The van der Waals surface area contributed by atoms with Gasteiger partial charge in [-0.3, -0.25) is 9.59 Å². The lowest BCUT2D eigenvalue weighted by molar-refractivity contribution is 0.0755. The van der Waals surface area contributed by atoms with E-state index >= 15 is 0 Å². The van der Waals surface area contributed by atoms with Crippen molar-refractivity contribution >= 4 is 35.6 Å². The molecule has 0 fully saturated rings. The summed E-state index contributed by atoms with van der Waals surface area (Å²) < 4.78 is 0. The molecule has 0 bridgehead atoms. The van der Waals surface area contributed by atoms with Crippen LogP contribution in [0.3, 0.4) is 0 Å². The number of nitrogens with zero attached hydrogens (tertiary/aromatic N) is 1. The molecule has 0 aliphatic rings. The van der Waals surface area contributed by atoms with Gasteiger partial charge in [-0.1, -0.05) is 13.8 Å². The van der Waals surface area contributed by atoms with E-state index in [-0.39, 0.29) is 18.3 Å². The van der Waals surface area contributed by atoms with E-state index in [1.807, 2.05) is 41.6 Å². The highest BCUT2D eigenvalue weighted by atomic mass is 35.5. The van der Waals surface area contributed by atoms with Gasteiger partial charge in [0.05, 0.1) is 0 Å². The molecule has 2 aromatic rings. The van der Waals surface area contributed by atoms with Gasteiger partial charge in [0.15, 0.2) is 0 Å². The Morgan fingerprint density at radius 1 is 1.04 bits per heavy atom. The van der Waals surface area contributed by atoms with Crippen molar-refractivity contribution in [2.24, 2.45) is 5.73 Å². The summed E-state index contributed by atoms with van der Waals surface area (Å²) in [4.78, 5) is 26.2. The Morgan fingerprint density at radius 2 is 1.67 bits per heavy atom. The van der Waals surface area contributed by atoms with E-state index in [0.717, 1.165) is 24.0 Å². The number of nitrogens with two attached hydrogens (primary N) is 1. The molecule has 0 aliphatic carbocycles. The molecule has 2 N–H and O–H groups in total. The SMILES string of the molecule is CCCN(CCC)C(=O)c1cc(C(N)=O)cc(-c2ccsc2)c1.Cl. The van der Waals surface area contributed by atoms with Crippen LogP contribution in [0.2, 0.25) is 0 Å². The summed E-state index contributed by atoms with van der Waals surface area (Å²) in [6, 6.07) is 7.15. The van der Waals surface area contributed by atoms with Crippen LogP contribution in [0.15, 0.2) is 35.0 Å². The summed E-state index contributed by atoms with van der Waals surface area (Å²) >= 11 is 1.57. The van der Waals surface area contributed by atoms with Gasteiger partial charge >= 0.3 is 0 Å². The van der Waals surface area contributed by atoms with E-state index < -0.39 is 5.91 Å². The highest BCUT2D eigenvalue weighted by Gasteiger charge is 2.17. The average Bonchev–Trinajstić information content (AvgIpc) is 3.08. The molecule has 0 saturated heterocycles. The minimum absolute atomic E-state index is 0. The Balaban J connectivity index is 0.00000288. The average molecular weight is 367 g/mol. The second-order valence-corrected chi connectivity index (χ2v) is 6.25. The third-order valence-electron chi connectivity index (χ3n) is 3.59. The first kappa shape index (κ1) is 20.2. The second-order valence-electron chi connectivity index (χ2n) is 5.47. The van der Waals surface area contributed by atoms with Gasteiger partial charge in [0.1, 0.15) is 0 Å². The number of benzene rings is 1. The first-order valence-corrected chi connectivity index (χ1v) is 8.77. The molecular weight excluding hydrogens is 344 g/mol. The molecule has 1 aromatic heterocycles. The minimum atomic E-state index is -0.520. The van der Waals surface area contributed by atoms with Gasteiger partial charge in [0.2, 0.25) is 5.91 Å². The molecule has 2 rings (SSSR count). The van der Waals surface area contributed by atoms with Crippen molar-refractivity contribution in [1.29, 1.82) is 0 Å². The van der Waals surface area contributed by atoms with E-state index in [1.54, 1.807) is 23.5 Å². The first-order chi connectivity index (χ1) is 11.1. The fraction of sp³-hybridized carbons (Fsp3) is 0.333. The molecular formula is C18H23ClN2O2S. The van der Waals surface area contributed by atoms with Gasteiger partial charge in [-0.05, 0) is 59.0 Å². The number of carbonyl (C=O) groups is 2. The van der Waals surface area contributed by atoms with E-state index in [2.05, 4.69) is 0 Å². The number of primary amides is 1. The van der Waals surface area contributed by atoms with Crippen molar-refractivity contribution < 1.29 is 9.59 Å². The molecule has 0 spiro atoms. The van der Waals surface area contributed by atoms with Crippen molar-refractivity contribution in [3.8, 4) is 11.1 Å². The Bertz CT molecular complexity index is 680. The smallest absolute Gasteiger partial charge is 0.253 e. The van der Waals surface area contributed by atoms with Gasteiger partial charge in [-0.25, -0.2) is 0 Å². The third-order valence-corrected chi connectivity index (χ3v) is 4.28. The molecule has 24 heavy (non-hydrogen) atoms. The second kappa shape index (κ2) is 9.45. The quantitative estimate of drug-likeness (QED) is 0.798. The lowest BCUT2D eigenvalue weighted by atomic mass is 10.0. The topological polar surface area (TPSA) is 63.4 Å². The third kappa shape index (κ3) is 4.82. The van der Waals surface area contributed by atoms with Crippen molar-refractivity contribution in [3.05, 3.63) is 46.2 Å². The maximum absolute atomic E-state index is 12.8. The fourth-order valence-corrected chi connectivity index (χ4v) is 3.19. The summed E-state index contributed by atoms with van der Waals surface area (Å²) in [7, 11) is 0. The largest absolute Gasteiger partial charge is 0.366 e. The van der Waals surface area contributed by atoms with Crippen LogP contribution in [0.25, 0.3) is 11.1 Å². The van der Waals surface area contributed by atoms with Crippen molar-refractivity contribution in [2.75, 3.05) is 13.1 Å². The predicted octanol–water partition coefficient (Wildman–Crippen LogP) is 4.20. The van der Waals surface area contributed by atoms with E-state index in [0.29, 0.717) is 24.2 Å². The van der Waals surface area contributed by atoms with Crippen LogP contribution in [-0.4, -0.2) is 29.8 Å². The minimum Gasteiger partial charge on any atom is -0.366 e. The zero-order chi connectivity index (χ0) is 16.8. The van der Waals surface area contributed by atoms with Crippen molar-refractivity contribution in [1.82, 2.24) is 4.90 Å². The molecule has 130 valence electrons. The molecule has 6 heteroatoms. The summed E-state index contributed by atoms with van der Waals surface area (Å²) in [5.41, 5.74) is 8.16. The maximum Gasteiger partial charge on any atom is 0.253 e. The summed E-state index contributed by atoms with van der Waals surface area (Å²) in [6.45, 7) is 5.52. The number of carbonyl (C=O) groups excluding carboxylic acids is 2. The summed E-state index contributed by atoms with van der Waals surface area (Å²) in [5.74, 6) is -0.568. The predicted molar refractivity (Wildman–Crippen MR) is 102 cm³/mol. The zero-order valence-corrected chi connectivity index (χ0v) is 15.6. The number of rotatable bonds is 7. The molecule has 1 aromatic carbocycles. The Kier molecular flexibility index (Phi) is 7.95. The number of thiophene rings is 1. The molecule has 0 aliphatic heterocycles. The Morgan fingerprint density at radius 3 is 2.17 bits per heavy atom. The van der Waals surface area contributed by atoms with Crippen LogP contribution in [0, 0.1) is 0 Å². The van der Waals surface area contributed by atoms with Crippen LogP contribution >= 0.6 is 23.7 Å². The molecule has 2 amide bonds. The first-order valence-electron chi connectivity index (χ1n) is 7.83. The van der Waals surface area contributed by atoms with E-state index in [9.17, 15) is 9.59 Å². The van der Waals surface area contributed by atoms with Gasteiger partial charge in [0.25, 0.3) is 5.91 Å². The fourth-order valence-electron chi connectivity index (χ4n) is 2.53. The zero-order valence-electron chi connectivity index (χ0n) is 14.0. The number of amides is 2. The number of halogens is 1. The normalized spacial score (nSPS) is 10.1. The molecule has 0 atom stereocenters. The lowest BCUT2D eigenvalue weighted by Crippen LogP contribution is -2.32. The van der Waals surface area contributed by atoms with Crippen molar-refractivity contribution in [3.63, 3.8) is 0 Å². The molecule has 1 heterocycles. The number of hydrogen-bond acceptors (Lipinski definition) is 3. The summed E-state index contributed by atoms with van der Waals surface area (Å²) in [6.07, 6.45) is 1.80. The molecule has 0 unspecified atom stereocenters. The Labute approximate surface area is 153 Å². The lowest BCUT2D eigenvalue weighted by Gasteiger charge is -2.22. The number of hydrogen-bond donors (Lipinski definition) is 1. The van der Waals surface area contributed by atoms with Crippen LogP contribution in [-0.2, 0) is 0 Å². The summed E-state index contributed by atoms with van der Waals surface area (Å²) in [5, 5.41) is 3.96. The maximum atomic E-state index is 12.8. The van der Waals surface area contributed by atoms with Crippen LogP contribution < -0.4 is 5.73 Å². The standard InChI is InChI=1S/C18H22N2O2S.ClH/c1-3-6-20(7-4-2)18(22)16-10-14(13-5-8-23-12-13)9-15(11-16)17(19)21;/h5,8-12H,3-4,6-7H2,1-2H3,(H2,19,21);1H. The molecule has 4 nitrogen and oxygen atoms in total. The van der Waals surface area contributed by atoms with E-state index in [4.69, 9.17) is 5.73 Å². The Hall–Kier alpha value is -1.85. The van der Waals surface area contributed by atoms with Gasteiger partial charge in [0, 0.05) is 24.2 Å².